The molecular formula is C12H19NO5. The average Bonchev–Trinajstić information content (AvgIpc) is 2.86. The van der Waals surface area contributed by atoms with Crippen LogP contribution in [0.2, 0.25) is 0 Å². The molecule has 0 saturated carbocycles. The summed E-state index contributed by atoms with van der Waals surface area (Å²) in [6, 6.07) is -0.782. The largest absolute Gasteiger partial charge is 0.467 e. The summed E-state index contributed by atoms with van der Waals surface area (Å²) in [5.74, 6) is -0.885. The summed E-state index contributed by atoms with van der Waals surface area (Å²) in [5.41, 5.74) is 0. The zero-order valence-electron chi connectivity index (χ0n) is 10.7. The van der Waals surface area contributed by atoms with E-state index in [1.54, 1.807) is 0 Å². The second-order valence-corrected chi connectivity index (χ2v) is 4.33. The number of carbonyl (C=O) groups is 3. The van der Waals surface area contributed by atoms with Gasteiger partial charge in [-0.15, -0.1) is 0 Å². The molecule has 1 amide bonds. The van der Waals surface area contributed by atoms with Gasteiger partial charge in [0.25, 0.3) is 0 Å². The van der Waals surface area contributed by atoms with Crippen molar-refractivity contribution < 1.29 is 23.9 Å². The number of methoxy groups -OCH3 is 1. The van der Waals surface area contributed by atoms with E-state index < -0.39 is 18.1 Å². The Bertz CT molecular complexity index is 322. The third kappa shape index (κ3) is 4.44. The lowest BCUT2D eigenvalue weighted by Gasteiger charge is -2.18. The van der Waals surface area contributed by atoms with E-state index in [1.807, 2.05) is 0 Å². The molecule has 1 saturated heterocycles. The highest BCUT2D eigenvalue weighted by Crippen LogP contribution is 2.12. The Balaban J connectivity index is 2.51. The second kappa shape index (κ2) is 7.10. The number of carbonyl (C=O) groups excluding carboxylic acids is 3. The number of esters is 1. The van der Waals surface area contributed by atoms with Gasteiger partial charge < -0.3 is 19.6 Å². The van der Waals surface area contributed by atoms with Crippen molar-refractivity contribution in [2.24, 2.45) is 0 Å². The molecule has 6 nitrogen and oxygen atoms in total. The lowest BCUT2D eigenvalue weighted by molar-refractivity contribution is -0.146. The van der Waals surface area contributed by atoms with Crippen LogP contribution in [0.25, 0.3) is 0 Å². The third-order valence-corrected chi connectivity index (χ3v) is 2.81. The summed E-state index contributed by atoms with van der Waals surface area (Å²) in [7, 11) is 1.25. The molecule has 0 aliphatic carbocycles. The Morgan fingerprint density at radius 2 is 2.17 bits per heavy atom. The van der Waals surface area contributed by atoms with Crippen molar-refractivity contribution in [3.05, 3.63) is 0 Å². The van der Waals surface area contributed by atoms with Crippen molar-refractivity contribution in [2.45, 2.75) is 44.8 Å². The highest BCUT2D eigenvalue weighted by atomic mass is 16.5. The summed E-state index contributed by atoms with van der Waals surface area (Å²) in [6.45, 7) is 2.00. The number of Topliss-reactive ketones (excluding diaryl/α,β-unsaturated/α-hetero) is 1. The van der Waals surface area contributed by atoms with Gasteiger partial charge in [0.2, 0.25) is 5.91 Å². The molecule has 1 aliphatic heterocycles. The minimum absolute atomic E-state index is 0.0322. The predicted molar refractivity (Wildman–Crippen MR) is 62.8 cm³/mol. The maximum atomic E-state index is 11.8. The third-order valence-electron chi connectivity index (χ3n) is 2.81. The van der Waals surface area contributed by atoms with E-state index >= 15 is 0 Å². The van der Waals surface area contributed by atoms with Crippen LogP contribution < -0.4 is 5.32 Å². The first kappa shape index (κ1) is 14.6. The second-order valence-electron chi connectivity index (χ2n) is 4.33. The Morgan fingerprint density at radius 3 is 2.67 bits per heavy atom. The molecule has 18 heavy (non-hydrogen) atoms. The maximum Gasteiger partial charge on any atom is 0.328 e. The van der Waals surface area contributed by atoms with Gasteiger partial charge in [0.15, 0.2) is 0 Å². The molecule has 1 N–H and O–H groups in total. The molecule has 0 radical (unpaired) electrons. The topological polar surface area (TPSA) is 81.7 Å². The minimum atomic E-state index is -0.782. The van der Waals surface area contributed by atoms with Crippen molar-refractivity contribution >= 4 is 17.7 Å². The van der Waals surface area contributed by atoms with Crippen molar-refractivity contribution in [1.82, 2.24) is 5.32 Å². The highest BCUT2D eigenvalue weighted by Gasteiger charge is 2.28. The van der Waals surface area contributed by atoms with Crippen molar-refractivity contribution in [3.63, 3.8) is 0 Å². The van der Waals surface area contributed by atoms with Crippen LogP contribution in [0.5, 0.6) is 0 Å². The molecular weight excluding hydrogens is 238 g/mol. The van der Waals surface area contributed by atoms with Crippen molar-refractivity contribution in [3.8, 4) is 0 Å². The van der Waals surface area contributed by atoms with E-state index in [9.17, 15) is 14.4 Å². The molecule has 1 aliphatic rings. The summed E-state index contributed by atoms with van der Waals surface area (Å²) >= 11 is 0. The number of rotatable bonds is 6. The lowest BCUT2D eigenvalue weighted by Crippen LogP contribution is -2.46. The van der Waals surface area contributed by atoms with E-state index in [1.165, 1.54) is 14.0 Å². The van der Waals surface area contributed by atoms with Gasteiger partial charge in [0, 0.05) is 13.0 Å². The number of amides is 1. The number of hydrogen-bond donors (Lipinski definition) is 1. The zero-order valence-corrected chi connectivity index (χ0v) is 10.7. The van der Waals surface area contributed by atoms with Crippen molar-refractivity contribution in [1.29, 1.82) is 0 Å². The highest BCUT2D eigenvalue weighted by molar-refractivity contribution is 5.87. The van der Waals surface area contributed by atoms with Gasteiger partial charge in [-0.2, -0.15) is 0 Å². The van der Waals surface area contributed by atoms with Gasteiger partial charge in [0.05, 0.1) is 7.11 Å². The molecule has 0 aromatic carbocycles. The number of hydrogen-bond acceptors (Lipinski definition) is 5. The van der Waals surface area contributed by atoms with Crippen LogP contribution in [-0.2, 0) is 23.9 Å². The van der Waals surface area contributed by atoms with Gasteiger partial charge in [-0.1, -0.05) is 0 Å². The number of ketones is 1. The van der Waals surface area contributed by atoms with E-state index in [4.69, 9.17) is 4.74 Å². The van der Waals surface area contributed by atoms with Gasteiger partial charge >= 0.3 is 5.97 Å². The molecule has 0 spiro atoms. The molecule has 1 heterocycles. The van der Waals surface area contributed by atoms with Crippen LogP contribution in [0.3, 0.4) is 0 Å². The first-order valence-corrected chi connectivity index (χ1v) is 6.04. The van der Waals surface area contributed by atoms with Gasteiger partial charge in [-0.3, -0.25) is 4.79 Å². The van der Waals surface area contributed by atoms with Crippen molar-refractivity contribution in [2.75, 3.05) is 13.7 Å². The first-order chi connectivity index (χ1) is 8.54. The van der Waals surface area contributed by atoms with Crippen LogP contribution in [0.1, 0.15) is 32.6 Å². The Kier molecular flexibility index (Phi) is 5.77. The fraction of sp³-hybridized carbons (Fsp3) is 0.750. The molecule has 0 aromatic rings. The quantitative estimate of drug-likeness (QED) is 0.687. The molecule has 0 unspecified atom stereocenters. The van der Waals surface area contributed by atoms with Crippen LogP contribution in [-0.4, -0.2) is 43.5 Å². The Hall–Kier alpha value is -1.43. The predicted octanol–water partition coefficient (Wildman–Crippen LogP) is 0.192. The number of ether oxygens (including phenoxy) is 2. The molecule has 2 atom stereocenters. The molecule has 1 fully saturated rings. The number of nitrogens with one attached hydrogen (secondary N) is 1. The van der Waals surface area contributed by atoms with E-state index in [2.05, 4.69) is 10.1 Å². The SMILES string of the molecule is COC(=O)[C@H](CCC(C)=O)NC(=O)[C@@H]1CCCO1. The molecule has 1 rings (SSSR count). The van der Waals surface area contributed by atoms with Gasteiger partial charge in [-0.05, 0) is 26.2 Å². The maximum absolute atomic E-state index is 11.8. The minimum Gasteiger partial charge on any atom is -0.467 e. The first-order valence-electron chi connectivity index (χ1n) is 6.04. The summed E-state index contributed by atoms with van der Waals surface area (Å²) < 4.78 is 9.83. The monoisotopic (exact) mass is 257 g/mol. The Morgan fingerprint density at radius 1 is 1.44 bits per heavy atom. The normalized spacial score (nSPS) is 20.2. The smallest absolute Gasteiger partial charge is 0.328 e. The Labute approximate surface area is 106 Å². The van der Waals surface area contributed by atoms with E-state index in [0.29, 0.717) is 13.0 Å². The van der Waals surface area contributed by atoms with Gasteiger partial charge in [0.1, 0.15) is 17.9 Å². The van der Waals surface area contributed by atoms with E-state index in [-0.39, 0.29) is 24.5 Å². The summed E-state index contributed by atoms with van der Waals surface area (Å²) in [4.78, 5) is 34.2. The summed E-state index contributed by atoms with van der Waals surface area (Å²) in [5, 5.41) is 2.57. The fourth-order valence-electron chi connectivity index (χ4n) is 1.79. The van der Waals surface area contributed by atoms with Crippen LogP contribution >= 0.6 is 0 Å². The van der Waals surface area contributed by atoms with E-state index in [0.717, 1.165) is 6.42 Å². The molecule has 0 aromatic heterocycles. The zero-order chi connectivity index (χ0) is 13.5. The van der Waals surface area contributed by atoms with Gasteiger partial charge in [-0.25, -0.2) is 4.79 Å². The standard InChI is InChI=1S/C12H19NO5/c1-8(14)5-6-9(12(16)17-2)13-11(15)10-4-3-7-18-10/h9-10H,3-7H2,1-2H3,(H,13,15)/t9-,10-/m0/s1. The summed E-state index contributed by atoms with van der Waals surface area (Å²) in [6.07, 6.45) is 1.49. The average molecular weight is 257 g/mol. The molecule has 102 valence electrons. The van der Waals surface area contributed by atoms with Crippen LogP contribution in [0.4, 0.5) is 0 Å². The molecule has 6 heteroatoms. The lowest BCUT2D eigenvalue weighted by atomic mass is 10.1. The fourth-order valence-corrected chi connectivity index (χ4v) is 1.79. The van der Waals surface area contributed by atoms with Crippen LogP contribution in [0.15, 0.2) is 0 Å². The van der Waals surface area contributed by atoms with Crippen LogP contribution in [0, 0.1) is 0 Å². The molecule has 0 bridgehead atoms.